The zero-order valence-corrected chi connectivity index (χ0v) is 12.5. The van der Waals surface area contributed by atoms with Gasteiger partial charge in [0.1, 0.15) is 5.75 Å². The van der Waals surface area contributed by atoms with Gasteiger partial charge in [0.2, 0.25) is 5.91 Å². The molecule has 1 aromatic heterocycles. The van der Waals surface area contributed by atoms with Crippen LogP contribution in [0.25, 0.3) is 10.9 Å². The zero-order valence-electron chi connectivity index (χ0n) is 11.7. The molecule has 0 fully saturated rings. The number of aromatic nitrogens is 1. The average Bonchev–Trinajstić information content (AvgIpc) is 2.47. The van der Waals surface area contributed by atoms with Crippen LogP contribution in [0.5, 0.6) is 5.75 Å². The SMILES string of the molecule is COc1ccnc2c(NC(=O)CCCSC)cccc12. The quantitative estimate of drug-likeness (QED) is 0.829. The fourth-order valence-electron chi connectivity index (χ4n) is 2.02. The fourth-order valence-corrected chi connectivity index (χ4v) is 2.45. The monoisotopic (exact) mass is 290 g/mol. The summed E-state index contributed by atoms with van der Waals surface area (Å²) in [6.45, 7) is 0. The largest absolute Gasteiger partial charge is 0.496 e. The molecule has 1 aromatic carbocycles. The van der Waals surface area contributed by atoms with Gasteiger partial charge in [-0.1, -0.05) is 6.07 Å². The van der Waals surface area contributed by atoms with Gasteiger partial charge in [0.05, 0.1) is 18.3 Å². The molecule has 0 aliphatic rings. The molecule has 1 heterocycles. The summed E-state index contributed by atoms with van der Waals surface area (Å²) in [5.74, 6) is 1.78. The summed E-state index contributed by atoms with van der Waals surface area (Å²) in [6, 6.07) is 7.50. The molecule has 2 aromatic rings. The van der Waals surface area contributed by atoms with Crippen LogP contribution in [0.2, 0.25) is 0 Å². The number of benzene rings is 1. The van der Waals surface area contributed by atoms with Crippen molar-refractivity contribution in [2.24, 2.45) is 0 Å². The molecular weight excluding hydrogens is 272 g/mol. The van der Waals surface area contributed by atoms with E-state index in [-0.39, 0.29) is 5.91 Å². The minimum Gasteiger partial charge on any atom is -0.496 e. The van der Waals surface area contributed by atoms with E-state index in [0.717, 1.165) is 34.5 Å². The standard InChI is InChI=1S/C15H18N2O2S/c1-19-13-8-9-16-15-11(13)5-3-6-12(15)17-14(18)7-4-10-20-2/h3,5-6,8-9H,4,7,10H2,1-2H3,(H,17,18). The Morgan fingerprint density at radius 3 is 3.00 bits per heavy atom. The highest BCUT2D eigenvalue weighted by molar-refractivity contribution is 7.98. The van der Waals surface area contributed by atoms with Crippen LogP contribution < -0.4 is 10.1 Å². The Labute approximate surface area is 122 Å². The van der Waals surface area contributed by atoms with Gasteiger partial charge in [-0.05, 0) is 36.6 Å². The lowest BCUT2D eigenvalue weighted by atomic mass is 10.1. The molecule has 1 amide bonds. The highest BCUT2D eigenvalue weighted by Gasteiger charge is 2.09. The number of hydrogen-bond donors (Lipinski definition) is 1. The van der Waals surface area contributed by atoms with Crippen LogP contribution in [-0.4, -0.2) is 30.0 Å². The molecule has 0 saturated heterocycles. The summed E-state index contributed by atoms with van der Waals surface area (Å²) in [5, 5.41) is 3.83. The number of amides is 1. The Kier molecular flexibility index (Phi) is 5.24. The Hall–Kier alpha value is -1.75. The number of fused-ring (bicyclic) bond motifs is 1. The zero-order chi connectivity index (χ0) is 14.4. The predicted octanol–water partition coefficient (Wildman–Crippen LogP) is 3.33. The maximum atomic E-state index is 11.9. The van der Waals surface area contributed by atoms with Crippen LogP contribution in [0.3, 0.4) is 0 Å². The average molecular weight is 290 g/mol. The third kappa shape index (κ3) is 3.42. The first-order chi connectivity index (χ1) is 9.76. The van der Waals surface area contributed by atoms with E-state index in [1.54, 1.807) is 25.1 Å². The second-order valence-electron chi connectivity index (χ2n) is 4.36. The minimum absolute atomic E-state index is 0.0242. The number of para-hydroxylation sites is 1. The Morgan fingerprint density at radius 1 is 1.40 bits per heavy atom. The fraction of sp³-hybridized carbons (Fsp3) is 0.333. The second-order valence-corrected chi connectivity index (χ2v) is 5.35. The first kappa shape index (κ1) is 14.7. The molecule has 0 bridgehead atoms. The highest BCUT2D eigenvalue weighted by atomic mass is 32.2. The number of nitrogens with zero attached hydrogens (tertiary/aromatic N) is 1. The molecule has 0 atom stereocenters. The number of rotatable bonds is 6. The van der Waals surface area contributed by atoms with Crippen molar-refractivity contribution < 1.29 is 9.53 Å². The van der Waals surface area contributed by atoms with E-state index < -0.39 is 0 Å². The van der Waals surface area contributed by atoms with Crippen LogP contribution in [0.15, 0.2) is 30.5 Å². The highest BCUT2D eigenvalue weighted by Crippen LogP contribution is 2.28. The van der Waals surface area contributed by atoms with Crippen LogP contribution in [0.4, 0.5) is 5.69 Å². The maximum absolute atomic E-state index is 11.9. The number of anilines is 1. The number of ether oxygens (including phenoxy) is 1. The molecule has 20 heavy (non-hydrogen) atoms. The second kappa shape index (κ2) is 7.14. The Morgan fingerprint density at radius 2 is 2.25 bits per heavy atom. The number of pyridine rings is 1. The lowest BCUT2D eigenvalue weighted by molar-refractivity contribution is -0.116. The molecule has 106 valence electrons. The molecule has 0 aliphatic carbocycles. The van der Waals surface area contributed by atoms with E-state index in [9.17, 15) is 4.79 Å². The van der Waals surface area contributed by atoms with Crippen LogP contribution in [0, 0.1) is 0 Å². The van der Waals surface area contributed by atoms with Crippen LogP contribution in [0.1, 0.15) is 12.8 Å². The van der Waals surface area contributed by atoms with Gasteiger partial charge in [0, 0.05) is 18.0 Å². The third-order valence-electron chi connectivity index (χ3n) is 2.98. The van der Waals surface area contributed by atoms with Gasteiger partial charge < -0.3 is 10.1 Å². The molecule has 5 heteroatoms. The number of hydrogen-bond acceptors (Lipinski definition) is 4. The van der Waals surface area contributed by atoms with Crippen molar-refractivity contribution in [3.05, 3.63) is 30.5 Å². The number of thioether (sulfide) groups is 1. The molecule has 0 unspecified atom stereocenters. The van der Waals surface area contributed by atoms with Crippen molar-refractivity contribution in [3.8, 4) is 5.75 Å². The van der Waals surface area contributed by atoms with Gasteiger partial charge in [0.15, 0.2) is 0 Å². The van der Waals surface area contributed by atoms with E-state index in [0.29, 0.717) is 6.42 Å². The van der Waals surface area contributed by atoms with E-state index in [1.807, 2.05) is 30.5 Å². The maximum Gasteiger partial charge on any atom is 0.224 e. The summed E-state index contributed by atoms with van der Waals surface area (Å²) in [6.07, 6.45) is 5.14. The minimum atomic E-state index is 0.0242. The van der Waals surface area contributed by atoms with E-state index in [1.165, 1.54) is 0 Å². The number of nitrogens with one attached hydrogen (secondary N) is 1. The molecular formula is C15H18N2O2S. The van der Waals surface area contributed by atoms with Gasteiger partial charge in [-0.15, -0.1) is 0 Å². The topological polar surface area (TPSA) is 51.2 Å². The third-order valence-corrected chi connectivity index (χ3v) is 3.67. The molecule has 2 rings (SSSR count). The first-order valence-electron chi connectivity index (χ1n) is 6.46. The van der Waals surface area contributed by atoms with Crippen LogP contribution in [-0.2, 0) is 4.79 Å². The molecule has 4 nitrogen and oxygen atoms in total. The normalized spacial score (nSPS) is 10.5. The van der Waals surface area contributed by atoms with Crippen molar-refractivity contribution >= 4 is 34.3 Å². The molecule has 0 spiro atoms. The summed E-state index contributed by atoms with van der Waals surface area (Å²) in [7, 11) is 1.63. The van der Waals surface area contributed by atoms with Gasteiger partial charge in [0.25, 0.3) is 0 Å². The van der Waals surface area contributed by atoms with Crippen molar-refractivity contribution in [3.63, 3.8) is 0 Å². The smallest absolute Gasteiger partial charge is 0.224 e. The summed E-state index contributed by atoms with van der Waals surface area (Å²) >= 11 is 1.75. The van der Waals surface area contributed by atoms with Crippen molar-refractivity contribution in [1.29, 1.82) is 0 Å². The molecule has 0 aliphatic heterocycles. The van der Waals surface area contributed by atoms with E-state index in [4.69, 9.17) is 4.74 Å². The summed E-state index contributed by atoms with van der Waals surface area (Å²) < 4.78 is 5.31. The number of carbonyl (C=O) groups excluding carboxylic acids is 1. The Balaban J connectivity index is 2.20. The molecule has 0 saturated carbocycles. The lowest BCUT2D eigenvalue weighted by Gasteiger charge is -2.10. The van der Waals surface area contributed by atoms with Crippen LogP contribution >= 0.6 is 11.8 Å². The Bertz CT molecular complexity index is 601. The van der Waals surface area contributed by atoms with Gasteiger partial charge in [-0.3, -0.25) is 9.78 Å². The summed E-state index contributed by atoms with van der Waals surface area (Å²) in [5.41, 5.74) is 1.49. The number of carbonyl (C=O) groups is 1. The predicted molar refractivity (Wildman–Crippen MR) is 84.5 cm³/mol. The van der Waals surface area contributed by atoms with Crippen molar-refractivity contribution in [2.75, 3.05) is 24.4 Å². The molecule has 0 radical (unpaired) electrons. The summed E-state index contributed by atoms with van der Waals surface area (Å²) in [4.78, 5) is 16.2. The lowest BCUT2D eigenvalue weighted by Crippen LogP contribution is -2.12. The van der Waals surface area contributed by atoms with Crippen molar-refractivity contribution in [2.45, 2.75) is 12.8 Å². The van der Waals surface area contributed by atoms with Gasteiger partial charge in [-0.2, -0.15) is 11.8 Å². The molecule has 1 N–H and O–H groups in total. The van der Waals surface area contributed by atoms with Crippen molar-refractivity contribution in [1.82, 2.24) is 4.98 Å². The van der Waals surface area contributed by atoms with Gasteiger partial charge in [-0.25, -0.2) is 0 Å². The van der Waals surface area contributed by atoms with E-state index in [2.05, 4.69) is 10.3 Å². The number of methoxy groups -OCH3 is 1. The first-order valence-corrected chi connectivity index (χ1v) is 7.86. The van der Waals surface area contributed by atoms with E-state index >= 15 is 0 Å². The van der Waals surface area contributed by atoms with Gasteiger partial charge >= 0.3 is 0 Å².